The zero-order valence-corrected chi connectivity index (χ0v) is 22.5. The number of nitrogens with zero attached hydrogens (tertiary/aromatic N) is 1. The number of aliphatic hydroxyl groups excluding tert-OH is 5. The van der Waals surface area contributed by atoms with Crippen molar-refractivity contribution < 1.29 is 49.0 Å². The number of anilines is 1. The van der Waals surface area contributed by atoms with E-state index in [4.69, 9.17) is 4.74 Å². The molecule has 2 unspecified atom stereocenters. The largest absolute Gasteiger partial charge is 0.508 e. The number of amides is 1. The summed E-state index contributed by atoms with van der Waals surface area (Å²) in [5.41, 5.74) is 1.89. The molecule has 0 radical (unpaired) electrons. The predicted octanol–water partition coefficient (Wildman–Crippen LogP) is 2.27. The molecule has 2 aliphatic rings. The number of aromatic hydroxyl groups is 1. The molecule has 5 rings (SSSR count). The molecule has 3 aromatic carbocycles. The van der Waals surface area contributed by atoms with E-state index in [2.05, 4.69) is 0 Å². The molecule has 2 saturated heterocycles. The van der Waals surface area contributed by atoms with Crippen molar-refractivity contribution in [2.45, 2.75) is 61.9 Å². The number of carbonyl (C=O) groups excluding carboxylic acids is 1. The van der Waals surface area contributed by atoms with E-state index in [1.807, 2.05) is 0 Å². The Balaban J connectivity index is 1.37. The summed E-state index contributed by atoms with van der Waals surface area (Å²) in [4.78, 5) is 14.8. The van der Waals surface area contributed by atoms with Crippen LogP contribution in [0.25, 0.3) is 0 Å². The van der Waals surface area contributed by atoms with Gasteiger partial charge in [0.15, 0.2) is 0 Å². The first-order valence-corrected chi connectivity index (χ1v) is 13.7. The quantitative estimate of drug-likeness (QED) is 0.210. The van der Waals surface area contributed by atoms with Gasteiger partial charge < -0.3 is 40.3 Å². The lowest BCUT2D eigenvalue weighted by Crippen LogP contribution is -2.59. The SMILES string of the molecule is O=C1[C@H](CC[C@H](O)c2ccc(F)cc2)[C@@H](c2ccc(C[C@@H]3OC(CO)[C@H](O)[C@H](O)C3O)cc2O)N1c1ccc(F)cc1. The molecule has 1 amide bonds. The van der Waals surface area contributed by atoms with Crippen molar-refractivity contribution in [3.63, 3.8) is 0 Å². The number of rotatable bonds is 9. The van der Waals surface area contributed by atoms with Crippen LogP contribution in [0.15, 0.2) is 66.7 Å². The number of hydrogen-bond acceptors (Lipinski definition) is 8. The maximum atomic E-state index is 13.6. The van der Waals surface area contributed by atoms with Gasteiger partial charge in [0.25, 0.3) is 0 Å². The number of aliphatic hydroxyl groups is 5. The standard InChI is InChI=1S/C31H33F2NO8/c32-18-4-2-17(3-5-18)23(36)12-11-22-27(34(31(22)41)20-8-6-19(33)7-9-20)21-10-1-16(13-24(21)37)14-25-28(38)30(40)29(39)26(15-35)42-25/h1-10,13,22-23,25-30,35-40H,11-12,14-15H2/t22-,23+,25+,26?,27-,28?,29+,30-/m1/s1. The average Bonchev–Trinajstić information content (AvgIpc) is 2.98. The first-order chi connectivity index (χ1) is 20.1. The van der Waals surface area contributed by atoms with Crippen LogP contribution in [0.3, 0.4) is 0 Å². The molecule has 8 atom stereocenters. The molecule has 2 aliphatic heterocycles. The van der Waals surface area contributed by atoms with Gasteiger partial charge in [-0.15, -0.1) is 0 Å². The fraction of sp³-hybridized carbons (Fsp3) is 0.387. The van der Waals surface area contributed by atoms with Gasteiger partial charge >= 0.3 is 0 Å². The van der Waals surface area contributed by atoms with Crippen molar-refractivity contribution in [1.29, 1.82) is 0 Å². The van der Waals surface area contributed by atoms with E-state index in [0.717, 1.165) is 0 Å². The second-order valence-electron chi connectivity index (χ2n) is 10.8. The molecule has 0 aromatic heterocycles. The predicted molar refractivity (Wildman–Crippen MR) is 146 cm³/mol. The lowest BCUT2D eigenvalue weighted by molar-refractivity contribution is -0.228. The Kier molecular flexibility index (Phi) is 8.88. The van der Waals surface area contributed by atoms with E-state index in [9.17, 15) is 44.2 Å². The van der Waals surface area contributed by atoms with Crippen molar-refractivity contribution in [3.8, 4) is 5.75 Å². The normalized spacial score (nSPS) is 28.4. The first-order valence-electron chi connectivity index (χ1n) is 13.7. The highest BCUT2D eigenvalue weighted by Gasteiger charge is 2.49. The molecule has 0 saturated carbocycles. The molecule has 11 heteroatoms. The molecule has 6 N–H and O–H groups in total. The number of β-lactam (4-membered cyclic amide) rings is 1. The Hall–Kier alpha value is -3.45. The van der Waals surface area contributed by atoms with E-state index in [1.165, 1.54) is 59.5 Å². The van der Waals surface area contributed by atoms with Crippen LogP contribution in [0.1, 0.15) is 41.7 Å². The van der Waals surface area contributed by atoms with Gasteiger partial charge in [-0.25, -0.2) is 8.78 Å². The number of ether oxygens (including phenoxy) is 1. The Bertz CT molecular complexity index is 1390. The first kappa shape index (κ1) is 30.0. The second-order valence-corrected chi connectivity index (χ2v) is 10.8. The van der Waals surface area contributed by atoms with Gasteiger partial charge in [-0.1, -0.05) is 24.3 Å². The average molecular weight is 586 g/mol. The third-order valence-electron chi connectivity index (χ3n) is 8.17. The summed E-state index contributed by atoms with van der Waals surface area (Å²) in [5.74, 6) is -1.93. The third kappa shape index (κ3) is 5.89. The minimum atomic E-state index is -1.52. The topological polar surface area (TPSA) is 151 Å². The molecule has 0 spiro atoms. The summed E-state index contributed by atoms with van der Waals surface area (Å²) in [5, 5.41) is 61.7. The van der Waals surface area contributed by atoms with Crippen LogP contribution in [-0.4, -0.2) is 73.7 Å². The molecule has 224 valence electrons. The zero-order chi connectivity index (χ0) is 30.1. The van der Waals surface area contributed by atoms with Crippen LogP contribution in [0.5, 0.6) is 5.75 Å². The van der Waals surface area contributed by atoms with Crippen LogP contribution >= 0.6 is 0 Å². The Morgan fingerprint density at radius 3 is 2.10 bits per heavy atom. The van der Waals surface area contributed by atoms with Crippen molar-refractivity contribution in [3.05, 3.63) is 95.1 Å². The summed E-state index contributed by atoms with van der Waals surface area (Å²) < 4.78 is 32.5. The molecule has 9 nitrogen and oxygen atoms in total. The highest BCUT2D eigenvalue weighted by Crippen LogP contribution is 2.48. The monoisotopic (exact) mass is 585 g/mol. The smallest absolute Gasteiger partial charge is 0.233 e. The minimum absolute atomic E-state index is 0.0495. The van der Waals surface area contributed by atoms with Gasteiger partial charge in [0.1, 0.15) is 41.8 Å². The zero-order valence-electron chi connectivity index (χ0n) is 22.5. The third-order valence-corrected chi connectivity index (χ3v) is 8.17. The Morgan fingerprint density at radius 1 is 0.857 bits per heavy atom. The molecule has 2 heterocycles. The molecule has 42 heavy (non-hydrogen) atoms. The minimum Gasteiger partial charge on any atom is -0.508 e. The van der Waals surface area contributed by atoms with Crippen molar-refractivity contribution in [2.24, 2.45) is 5.92 Å². The van der Waals surface area contributed by atoms with Crippen LogP contribution in [-0.2, 0) is 16.0 Å². The fourth-order valence-electron chi connectivity index (χ4n) is 5.81. The summed E-state index contributed by atoms with van der Waals surface area (Å²) in [6.07, 6.45) is -6.89. The molecule has 0 bridgehead atoms. The van der Waals surface area contributed by atoms with Gasteiger partial charge in [0.2, 0.25) is 5.91 Å². The molecular weight excluding hydrogens is 552 g/mol. The fourth-order valence-corrected chi connectivity index (χ4v) is 5.81. The molecule has 0 aliphatic carbocycles. The van der Waals surface area contributed by atoms with Crippen LogP contribution in [0, 0.1) is 17.6 Å². The summed E-state index contributed by atoms with van der Waals surface area (Å²) >= 11 is 0. The lowest BCUT2D eigenvalue weighted by Gasteiger charge is -2.48. The lowest BCUT2D eigenvalue weighted by atomic mass is 9.77. The molecule has 3 aromatic rings. The maximum Gasteiger partial charge on any atom is 0.233 e. The van der Waals surface area contributed by atoms with Gasteiger partial charge in [0.05, 0.1) is 30.8 Å². The molecular formula is C31H33F2NO8. The molecule has 2 fully saturated rings. The van der Waals surface area contributed by atoms with E-state index in [-0.39, 0.29) is 30.9 Å². The number of hydrogen-bond donors (Lipinski definition) is 6. The highest BCUT2D eigenvalue weighted by atomic mass is 19.1. The number of benzene rings is 3. The van der Waals surface area contributed by atoms with E-state index in [1.54, 1.807) is 12.1 Å². The van der Waals surface area contributed by atoms with Gasteiger partial charge in [-0.3, -0.25) is 4.79 Å². The summed E-state index contributed by atoms with van der Waals surface area (Å²) in [6, 6.07) is 15.0. The van der Waals surface area contributed by atoms with Gasteiger partial charge in [-0.2, -0.15) is 0 Å². The van der Waals surface area contributed by atoms with Crippen molar-refractivity contribution >= 4 is 11.6 Å². The maximum absolute atomic E-state index is 13.6. The van der Waals surface area contributed by atoms with E-state index >= 15 is 0 Å². The van der Waals surface area contributed by atoms with Gasteiger partial charge in [0, 0.05) is 17.7 Å². The number of phenolic OH excluding ortho intramolecular Hbond substituents is 1. The highest BCUT2D eigenvalue weighted by molar-refractivity contribution is 6.03. The Morgan fingerprint density at radius 2 is 1.48 bits per heavy atom. The number of halogens is 2. The summed E-state index contributed by atoms with van der Waals surface area (Å²) in [7, 11) is 0. The van der Waals surface area contributed by atoms with Crippen LogP contribution in [0.2, 0.25) is 0 Å². The van der Waals surface area contributed by atoms with Crippen LogP contribution in [0.4, 0.5) is 14.5 Å². The Labute approximate surface area is 240 Å². The van der Waals surface area contributed by atoms with Crippen LogP contribution < -0.4 is 4.90 Å². The van der Waals surface area contributed by atoms with E-state index < -0.39 is 66.8 Å². The van der Waals surface area contributed by atoms with Gasteiger partial charge in [-0.05, 0) is 66.4 Å². The van der Waals surface area contributed by atoms with Crippen molar-refractivity contribution in [1.82, 2.24) is 0 Å². The second kappa shape index (κ2) is 12.4. The number of carbonyl (C=O) groups is 1. The summed E-state index contributed by atoms with van der Waals surface area (Å²) in [6.45, 7) is -0.558. The number of phenols is 1. The van der Waals surface area contributed by atoms with E-state index in [0.29, 0.717) is 22.4 Å². The van der Waals surface area contributed by atoms with Crippen molar-refractivity contribution in [2.75, 3.05) is 11.5 Å².